The van der Waals surface area contributed by atoms with Gasteiger partial charge in [-0.25, -0.2) is 0 Å². The Labute approximate surface area is 126 Å². The minimum atomic E-state index is 0.318. The first-order valence-electron chi connectivity index (χ1n) is 8.00. The third-order valence-corrected chi connectivity index (χ3v) is 6.08. The van der Waals surface area contributed by atoms with Crippen molar-refractivity contribution in [2.24, 2.45) is 11.8 Å². The molecular formula is C17H26N2S. The average Bonchev–Trinajstić information content (AvgIpc) is 2.45. The summed E-state index contributed by atoms with van der Waals surface area (Å²) in [7, 11) is 0. The maximum atomic E-state index is 5.80. The molecule has 1 aliphatic heterocycles. The molecule has 3 rings (SSSR count). The average molecular weight is 290 g/mol. The number of nitrogens with two attached hydrogens (primary N) is 1. The van der Waals surface area contributed by atoms with Crippen molar-refractivity contribution in [3.63, 3.8) is 0 Å². The van der Waals surface area contributed by atoms with Gasteiger partial charge in [-0.05, 0) is 66.6 Å². The lowest BCUT2D eigenvalue weighted by atomic mass is 9.79. The first-order chi connectivity index (χ1) is 9.86. The Morgan fingerprint density at radius 3 is 2.35 bits per heavy atom. The van der Waals surface area contributed by atoms with Gasteiger partial charge in [-0.1, -0.05) is 30.7 Å². The van der Waals surface area contributed by atoms with Gasteiger partial charge in [0.1, 0.15) is 0 Å². The Morgan fingerprint density at radius 1 is 1.10 bits per heavy atom. The van der Waals surface area contributed by atoms with Gasteiger partial charge in [0.05, 0.1) is 0 Å². The van der Waals surface area contributed by atoms with Gasteiger partial charge in [0, 0.05) is 6.04 Å². The highest BCUT2D eigenvalue weighted by atomic mass is 32.2. The first-order valence-corrected chi connectivity index (χ1v) is 9.16. The predicted octanol–water partition coefficient (Wildman–Crippen LogP) is 3.99. The van der Waals surface area contributed by atoms with Crippen LogP contribution >= 0.6 is 11.8 Å². The minimum Gasteiger partial charge on any atom is -0.271 e. The molecule has 0 radical (unpaired) electrons. The molecule has 1 saturated heterocycles. The van der Waals surface area contributed by atoms with Gasteiger partial charge in [-0.2, -0.15) is 11.8 Å². The Kier molecular flexibility index (Phi) is 5.03. The topological polar surface area (TPSA) is 38.0 Å². The van der Waals surface area contributed by atoms with Gasteiger partial charge in [-0.15, -0.1) is 0 Å². The smallest absolute Gasteiger partial charge is 0.0462 e. The van der Waals surface area contributed by atoms with Gasteiger partial charge in [0.25, 0.3) is 0 Å². The van der Waals surface area contributed by atoms with Crippen molar-refractivity contribution in [3.8, 4) is 0 Å². The Hall–Kier alpha value is -0.510. The quantitative estimate of drug-likeness (QED) is 0.636. The molecule has 2 nitrogen and oxygen atoms in total. The lowest BCUT2D eigenvalue weighted by Crippen LogP contribution is -2.30. The molecule has 3 heteroatoms. The van der Waals surface area contributed by atoms with Crippen LogP contribution in [0.3, 0.4) is 0 Å². The van der Waals surface area contributed by atoms with E-state index < -0.39 is 0 Å². The Balaban J connectivity index is 1.62. The van der Waals surface area contributed by atoms with Crippen molar-refractivity contribution in [2.45, 2.75) is 50.5 Å². The fraction of sp³-hybridized carbons (Fsp3) is 0.647. The predicted molar refractivity (Wildman–Crippen MR) is 87.8 cm³/mol. The lowest BCUT2D eigenvalue weighted by molar-refractivity contribution is 0.373. The van der Waals surface area contributed by atoms with Crippen LogP contribution in [0.5, 0.6) is 0 Å². The number of benzene rings is 1. The summed E-state index contributed by atoms with van der Waals surface area (Å²) >= 11 is 2.09. The highest BCUT2D eigenvalue weighted by Crippen LogP contribution is 2.37. The van der Waals surface area contributed by atoms with E-state index in [1.807, 2.05) is 0 Å². The summed E-state index contributed by atoms with van der Waals surface area (Å²) in [6.07, 6.45) is 8.03. The zero-order chi connectivity index (χ0) is 13.8. The second-order valence-corrected chi connectivity index (χ2v) is 7.53. The maximum absolute atomic E-state index is 5.80. The molecule has 2 aliphatic rings. The molecule has 0 bridgehead atoms. The molecule has 0 spiro atoms. The van der Waals surface area contributed by atoms with Gasteiger partial charge in [0.2, 0.25) is 0 Å². The normalized spacial score (nSPS) is 22.4. The molecule has 3 N–H and O–H groups in total. The first kappa shape index (κ1) is 14.4. The molecule has 110 valence electrons. The molecule has 1 saturated carbocycles. The van der Waals surface area contributed by atoms with Crippen molar-refractivity contribution >= 4 is 11.8 Å². The maximum Gasteiger partial charge on any atom is 0.0462 e. The zero-order valence-electron chi connectivity index (χ0n) is 12.2. The van der Waals surface area contributed by atoms with Crippen LogP contribution < -0.4 is 11.3 Å². The van der Waals surface area contributed by atoms with Crippen molar-refractivity contribution in [1.82, 2.24) is 5.43 Å². The summed E-state index contributed by atoms with van der Waals surface area (Å²) < 4.78 is 0. The SMILES string of the molecule is NNC(CC1CCSCC1)c1ccc(C2CCC2)cc1. The van der Waals surface area contributed by atoms with Crippen molar-refractivity contribution in [1.29, 1.82) is 0 Å². The van der Waals surface area contributed by atoms with E-state index in [1.54, 1.807) is 0 Å². The van der Waals surface area contributed by atoms with E-state index in [2.05, 4.69) is 41.5 Å². The second kappa shape index (κ2) is 6.97. The van der Waals surface area contributed by atoms with Crippen LogP contribution in [-0.4, -0.2) is 11.5 Å². The summed E-state index contributed by atoms with van der Waals surface area (Å²) in [5.74, 6) is 10.1. The summed E-state index contributed by atoms with van der Waals surface area (Å²) in [5, 5.41) is 0. The van der Waals surface area contributed by atoms with E-state index >= 15 is 0 Å². The molecule has 1 aliphatic carbocycles. The molecular weight excluding hydrogens is 264 g/mol. The Morgan fingerprint density at radius 2 is 1.80 bits per heavy atom. The van der Waals surface area contributed by atoms with Crippen LogP contribution in [0.25, 0.3) is 0 Å². The largest absolute Gasteiger partial charge is 0.271 e. The van der Waals surface area contributed by atoms with Gasteiger partial charge in [-0.3, -0.25) is 11.3 Å². The monoisotopic (exact) mass is 290 g/mol. The summed E-state index contributed by atoms with van der Waals surface area (Å²) in [4.78, 5) is 0. The Bertz CT molecular complexity index is 408. The standard InChI is InChI=1S/C17H26N2S/c18-19-17(12-13-8-10-20-11-9-13)16-6-4-15(5-7-16)14-2-1-3-14/h4-7,13-14,17,19H,1-3,8-12,18H2. The summed E-state index contributed by atoms with van der Waals surface area (Å²) in [6.45, 7) is 0. The fourth-order valence-corrected chi connectivity index (χ4v) is 4.56. The number of rotatable bonds is 5. The number of thioether (sulfide) groups is 1. The molecule has 0 amide bonds. The number of hydrogen-bond acceptors (Lipinski definition) is 3. The van der Waals surface area contributed by atoms with Crippen LogP contribution in [0.15, 0.2) is 24.3 Å². The van der Waals surface area contributed by atoms with Gasteiger partial charge >= 0.3 is 0 Å². The third kappa shape index (κ3) is 3.38. The van der Waals surface area contributed by atoms with E-state index in [-0.39, 0.29) is 0 Å². The van der Waals surface area contributed by atoms with E-state index in [0.717, 1.165) is 11.8 Å². The molecule has 1 unspecified atom stereocenters. The molecule has 1 atom stereocenters. The molecule has 0 aromatic heterocycles. The zero-order valence-corrected chi connectivity index (χ0v) is 13.0. The molecule has 1 heterocycles. The molecule has 1 aromatic rings. The number of hydrogen-bond donors (Lipinski definition) is 2. The van der Waals surface area contributed by atoms with Crippen LogP contribution in [0.1, 0.15) is 61.6 Å². The number of nitrogens with one attached hydrogen (secondary N) is 1. The fourth-order valence-electron chi connectivity index (χ4n) is 3.36. The van der Waals surface area contributed by atoms with Gasteiger partial charge < -0.3 is 0 Å². The summed E-state index contributed by atoms with van der Waals surface area (Å²) in [5.41, 5.74) is 5.91. The third-order valence-electron chi connectivity index (χ3n) is 5.03. The van der Waals surface area contributed by atoms with E-state index in [1.165, 1.54) is 61.2 Å². The highest BCUT2D eigenvalue weighted by Gasteiger charge is 2.21. The van der Waals surface area contributed by atoms with Crippen molar-refractivity contribution < 1.29 is 0 Å². The van der Waals surface area contributed by atoms with E-state index in [0.29, 0.717) is 6.04 Å². The highest BCUT2D eigenvalue weighted by molar-refractivity contribution is 7.99. The summed E-state index contributed by atoms with van der Waals surface area (Å²) in [6, 6.07) is 9.53. The van der Waals surface area contributed by atoms with Crippen LogP contribution in [0.4, 0.5) is 0 Å². The number of hydrazine groups is 1. The lowest BCUT2D eigenvalue weighted by Gasteiger charge is -2.28. The second-order valence-electron chi connectivity index (χ2n) is 6.31. The van der Waals surface area contributed by atoms with Crippen LogP contribution in [0, 0.1) is 5.92 Å². The molecule has 2 fully saturated rings. The van der Waals surface area contributed by atoms with E-state index in [9.17, 15) is 0 Å². The van der Waals surface area contributed by atoms with Crippen LogP contribution in [-0.2, 0) is 0 Å². The van der Waals surface area contributed by atoms with E-state index in [4.69, 9.17) is 5.84 Å². The minimum absolute atomic E-state index is 0.318. The van der Waals surface area contributed by atoms with Crippen LogP contribution in [0.2, 0.25) is 0 Å². The molecule has 1 aromatic carbocycles. The van der Waals surface area contributed by atoms with Crippen molar-refractivity contribution in [2.75, 3.05) is 11.5 Å². The molecule has 20 heavy (non-hydrogen) atoms. The van der Waals surface area contributed by atoms with Crippen molar-refractivity contribution in [3.05, 3.63) is 35.4 Å². The van der Waals surface area contributed by atoms with Gasteiger partial charge in [0.15, 0.2) is 0 Å².